The Morgan fingerprint density at radius 1 is 1.56 bits per heavy atom. The molecule has 0 saturated heterocycles. The highest BCUT2D eigenvalue weighted by atomic mass is 32.1. The van der Waals surface area contributed by atoms with Gasteiger partial charge in [-0.05, 0) is 13.0 Å². The lowest BCUT2D eigenvalue weighted by atomic mass is 10.3. The molecule has 0 spiro atoms. The van der Waals surface area contributed by atoms with E-state index >= 15 is 0 Å². The van der Waals surface area contributed by atoms with Crippen molar-refractivity contribution < 1.29 is 0 Å². The van der Waals surface area contributed by atoms with Gasteiger partial charge in [-0.15, -0.1) is 0 Å². The van der Waals surface area contributed by atoms with Gasteiger partial charge in [-0.1, -0.05) is 17.4 Å². The van der Waals surface area contributed by atoms with Crippen molar-refractivity contribution in [3.05, 3.63) is 45.3 Å². The molecule has 16 heavy (non-hydrogen) atoms. The molecule has 3 N–H and O–H groups in total. The van der Waals surface area contributed by atoms with Crippen molar-refractivity contribution in [3.8, 4) is 0 Å². The first-order valence-electron chi connectivity index (χ1n) is 4.78. The molecule has 84 valence electrons. The highest BCUT2D eigenvalue weighted by Crippen LogP contribution is 2.17. The average Bonchev–Trinajstić information content (AvgIpc) is 2.71. The number of pyridine rings is 1. The standard InChI is InChI=1S/C10H12N4OS/c1-7-3-2-4-9(15)14(7)6-8-5-12-10(13-11)16-8/h2-5H,6,11H2,1H3,(H,12,13). The summed E-state index contributed by atoms with van der Waals surface area (Å²) in [6.07, 6.45) is 1.72. The molecule has 0 aromatic carbocycles. The lowest BCUT2D eigenvalue weighted by Crippen LogP contribution is -2.20. The highest BCUT2D eigenvalue weighted by molar-refractivity contribution is 7.15. The summed E-state index contributed by atoms with van der Waals surface area (Å²) in [7, 11) is 0. The number of aromatic nitrogens is 2. The molecule has 0 atom stereocenters. The van der Waals surface area contributed by atoms with Gasteiger partial charge in [-0.25, -0.2) is 10.8 Å². The van der Waals surface area contributed by atoms with E-state index in [1.807, 2.05) is 13.0 Å². The monoisotopic (exact) mass is 236 g/mol. The number of nitrogen functional groups attached to an aromatic ring is 1. The summed E-state index contributed by atoms with van der Waals surface area (Å²) >= 11 is 1.44. The van der Waals surface area contributed by atoms with E-state index in [0.29, 0.717) is 11.7 Å². The van der Waals surface area contributed by atoms with Gasteiger partial charge < -0.3 is 4.57 Å². The van der Waals surface area contributed by atoms with Crippen molar-refractivity contribution in [2.45, 2.75) is 13.5 Å². The fraction of sp³-hybridized carbons (Fsp3) is 0.200. The zero-order chi connectivity index (χ0) is 11.5. The molecule has 0 amide bonds. The number of nitrogens with two attached hydrogens (primary N) is 1. The minimum absolute atomic E-state index is 0.00402. The van der Waals surface area contributed by atoms with Crippen molar-refractivity contribution >= 4 is 16.5 Å². The first-order valence-corrected chi connectivity index (χ1v) is 5.60. The zero-order valence-electron chi connectivity index (χ0n) is 8.80. The molecular formula is C10H12N4OS. The van der Waals surface area contributed by atoms with Crippen molar-refractivity contribution in [2.24, 2.45) is 5.84 Å². The van der Waals surface area contributed by atoms with Crippen LogP contribution in [0.5, 0.6) is 0 Å². The van der Waals surface area contributed by atoms with E-state index in [1.165, 1.54) is 11.3 Å². The molecule has 0 fully saturated rings. The number of nitrogens with zero attached hydrogens (tertiary/aromatic N) is 2. The second-order valence-corrected chi connectivity index (χ2v) is 4.48. The Kier molecular flexibility index (Phi) is 3.02. The molecule has 0 aliphatic carbocycles. The number of nitrogens with one attached hydrogen (secondary N) is 1. The predicted molar refractivity (Wildman–Crippen MR) is 64.5 cm³/mol. The lowest BCUT2D eigenvalue weighted by molar-refractivity contribution is 0.738. The van der Waals surface area contributed by atoms with Crippen molar-refractivity contribution in [1.29, 1.82) is 0 Å². The van der Waals surface area contributed by atoms with Crippen LogP contribution in [0.3, 0.4) is 0 Å². The Morgan fingerprint density at radius 2 is 2.38 bits per heavy atom. The minimum Gasteiger partial charge on any atom is -0.308 e. The number of anilines is 1. The summed E-state index contributed by atoms with van der Waals surface area (Å²) in [6, 6.07) is 5.22. The van der Waals surface area contributed by atoms with Gasteiger partial charge in [0.15, 0.2) is 5.13 Å². The van der Waals surface area contributed by atoms with Crippen LogP contribution in [0.2, 0.25) is 0 Å². The number of hydrazine groups is 1. The predicted octanol–water partition coefficient (Wildman–Crippen LogP) is 0.947. The van der Waals surface area contributed by atoms with Crippen molar-refractivity contribution in [2.75, 3.05) is 5.43 Å². The number of thiazole rings is 1. The minimum atomic E-state index is -0.00402. The summed E-state index contributed by atoms with van der Waals surface area (Å²) in [5, 5.41) is 0.650. The third kappa shape index (κ3) is 2.12. The summed E-state index contributed by atoms with van der Waals surface area (Å²) < 4.78 is 1.70. The highest BCUT2D eigenvalue weighted by Gasteiger charge is 2.04. The van der Waals surface area contributed by atoms with Gasteiger partial charge in [0.1, 0.15) is 0 Å². The van der Waals surface area contributed by atoms with E-state index in [-0.39, 0.29) is 5.56 Å². The second kappa shape index (κ2) is 4.46. The molecule has 0 unspecified atom stereocenters. The van der Waals surface area contributed by atoms with E-state index in [1.54, 1.807) is 22.9 Å². The van der Waals surface area contributed by atoms with Crippen LogP contribution in [0.1, 0.15) is 10.6 Å². The van der Waals surface area contributed by atoms with Gasteiger partial charge in [0.05, 0.1) is 6.54 Å². The van der Waals surface area contributed by atoms with Crippen LogP contribution in [0.25, 0.3) is 0 Å². The smallest absolute Gasteiger partial charge is 0.251 e. The molecule has 5 nitrogen and oxygen atoms in total. The maximum absolute atomic E-state index is 11.6. The second-order valence-electron chi connectivity index (χ2n) is 3.37. The quantitative estimate of drug-likeness (QED) is 0.614. The van der Waals surface area contributed by atoms with E-state index in [0.717, 1.165) is 10.6 Å². The van der Waals surface area contributed by atoms with Gasteiger partial charge in [0, 0.05) is 22.8 Å². The van der Waals surface area contributed by atoms with Crippen molar-refractivity contribution in [1.82, 2.24) is 9.55 Å². The van der Waals surface area contributed by atoms with Crippen LogP contribution in [0.15, 0.2) is 29.2 Å². The fourth-order valence-electron chi connectivity index (χ4n) is 1.43. The number of aryl methyl sites for hydroxylation is 1. The first kappa shape index (κ1) is 10.8. The molecule has 2 aromatic heterocycles. The molecular weight excluding hydrogens is 224 g/mol. The van der Waals surface area contributed by atoms with E-state index in [2.05, 4.69) is 10.4 Å². The molecule has 2 rings (SSSR count). The number of hydrogen-bond acceptors (Lipinski definition) is 5. The summed E-state index contributed by atoms with van der Waals surface area (Å²) in [5.74, 6) is 5.25. The van der Waals surface area contributed by atoms with Gasteiger partial charge in [0.25, 0.3) is 5.56 Å². The Bertz CT molecular complexity index is 546. The molecule has 2 heterocycles. The van der Waals surface area contributed by atoms with Gasteiger partial charge in [-0.3, -0.25) is 10.2 Å². The van der Waals surface area contributed by atoms with Gasteiger partial charge in [0.2, 0.25) is 0 Å². The lowest BCUT2D eigenvalue weighted by Gasteiger charge is -2.06. The van der Waals surface area contributed by atoms with Crippen LogP contribution in [-0.4, -0.2) is 9.55 Å². The Hall–Kier alpha value is -1.66. The maximum Gasteiger partial charge on any atom is 0.251 e. The van der Waals surface area contributed by atoms with Crippen LogP contribution in [0, 0.1) is 6.92 Å². The normalized spacial score (nSPS) is 10.4. The number of hydrogen-bond donors (Lipinski definition) is 2. The molecule has 6 heteroatoms. The summed E-state index contributed by atoms with van der Waals surface area (Å²) in [6.45, 7) is 2.44. The van der Waals surface area contributed by atoms with Crippen molar-refractivity contribution in [3.63, 3.8) is 0 Å². The molecule has 0 aliphatic rings. The van der Waals surface area contributed by atoms with Crippen LogP contribution >= 0.6 is 11.3 Å². The largest absolute Gasteiger partial charge is 0.308 e. The third-order valence-electron chi connectivity index (χ3n) is 2.26. The summed E-state index contributed by atoms with van der Waals surface area (Å²) in [4.78, 5) is 16.7. The fourth-order valence-corrected chi connectivity index (χ4v) is 2.14. The average molecular weight is 236 g/mol. The van der Waals surface area contributed by atoms with E-state index in [4.69, 9.17) is 5.84 Å². The van der Waals surface area contributed by atoms with Gasteiger partial charge >= 0.3 is 0 Å². The van der Waals surface area contributed by atoms with Gasteiger partial charge in [-0.2, -0.15) is 0 Å². The number of rotatable bonds is 3. The summed E-state index contributed by atoms with van der Waals surface area (Å²) in [5.41, 5.74) is 3.41. The maximum atomic E-state index is 11.6. The molecule has 0 radical (unpaired) electrons. The molecule has 0 saturated carbocycles. The third-order valence-corrected chi connectivity index (χ3v) is 3.17. The molecule has 2 aromatic rings. The Balaban J connectivity index is 2.30. The zero-order valence-corrected chi connectivity index (χ0v) is 9.62. The Labute approximate surface area is 96.5 Å². The van der Waals surface area contributed by atoms with Crippen LogP contribution < -0.4 is 16.8 Å². The van der Waals surface area contributed by atoms with Crippen LogP contribution in [0.4, 0.5) is 5.13 Å². The first-order chi connectivity index (χ1) is 7.70. The van der Waals surface area contributed by atoms with E-state index in [9.17, 15) is 4.79 Å². The van der Waals surface area contributed by atoms with E-state index < -0.39 is 0 Å². The topological polar surface area (TPSA) is 72.9 Å². The van der Waals surface area contributed by atoms with Crippen LogP contribution in [-0.2, 0) is 6.54 Å². The Morgan fingerprint density at radius 3 is 3.00 bits per heavy atom. The molecule has 0 aliphatic heterocycles. The molecule has 0 bridgehead atoms. The SMILES string of the molecule is Cc1cccc(=O)n1Cc1cnc(NN)s1.